The molecule has 0 aliphatic rings. The van der Waals surface area contributed by atoms with Gasteiger partial charge >= 0.3 is 0 Å². The Morgan fingerprint density at radius 1 is 0.400 bits per heavy atom. The summed E-state index contributed by atoms with van der Waals surface area (Å²) in [6.45, 7) is 1.97. The summed E-state index contributed by atoms with van der Waals surface area (Å²) >= 11 is 1.79. The van der Waals surface area contributed by atoms with Crippen LogP contribution in [-0.2, 0) is 0 Å². The Hall–Kier alpha value is -9.62. The van der Waals surface area contributed by atoms with Gasteiger partial charge in [0.05, 0.1) is 11.0 Å². The number of rotatable bonds is 11. The molecule has 354 valence electrons. The van der Waals surface area contributed by atoms with E-state index < -0.39 is 0 Å². The van der Waals surface area contributed by atoms with Crippen LogP contribution in [0, 0.1) is 5.41 Å². The molecule has 0 radical (unpaired) electrons. The van der Waals surface area contributed by atoms with E-state index >= 15 is 0 Å². The van der Waals surface area contributed by atoms with Gasteiger partial charge in [0.1, 0.15) is 0 Å². The van der Waals surface area contributed by atoms with Crippen LogP contribution in [0.1, 0.15) is 12.5 Å². The lowest BCUT2D eigenvalue weighted by Crippen LogP contribution is -2.01. The molecule has 75 heavy (non-hydrogen) atoms. The Bertz CT molecular complexity index is 4380. The summed E-state index contributed by atoms with van der Waals surface area (Å²) in [6, 6.07) is 84.1. The summed E-state index contributed by atoms with van der Waals surface area (Å²) in [5.41, 5.74) is 17.1. The zero-order valence-electron chi connectivity index (χ0n) is 41.0. The maximum atomic E-state index is 8.23. The van der Waals surface area contributed by atoms with E-state index in [1.807, 2.05) is 49.4 Å². The highest BCUT2D eigenvalue weighted by molar-refractivity contribution is 7.26. The van der Waals surface area contributed by atoms with Gasteiger partial charge in [-0.3, -0.25) is 0 Å². The van der Waals surface area contributed by atoms with E-state index in [0.29, 0.717) is 17.5 Å². The Labute approximate surface area is 439 Å². The number of hydrogen-bond acceptors (Lipinski definition) is 5. The standard InChI is InChI=1S/C69H47N5S/c1-2-3-18-55(44-70)50-26-15-28-54(41-50)68-71-67(53-27-14-24-48(40-53)46-21-9-5-10-22-46)72-69(73-68)60-34-17-33-59-58-32-16-31-57(65(58)75-66(59)60)52-36-38-64-62(43-52)61-42-51(35-37-63(61)74(64)56-29-11-6-12-30-56)49-25-13-23-47(39-49)45-19-7-4-8-20-45/h2-44,70H,1H3/b3-2-,55-18+,70-44?. The van der Waals surface area contributed by atoms with Crippen LogP contribution in [0.15, 0.2) is 255 Å². The molecule has 3 heterocycles. The van der Waals surface area contributed by atoms with Crippen LogP contribution in [0.5, 0.6) is 0 Å². The van der Waals surface area contributed by atoms with Gasteiger partial charge < -0.3 is 9.98 Å². The Morgan fingerprint density at radius 3 is 1.49 bits per heavy atom. The van der Waals surface area contributed by atoms with Crippen molar-refractivity contribution in [3.8, 4) is 84.4 Å². The maximum absolute atomic E-state index is 8.23. The number of nitrogens with zero attached hydrogens (tertiary/aromatic N) is 4. The lowest BCUT2D eigenvalue weighted by atomic mass is 9.97. The Kier molecular flexibility index (Phi) is 11.7. The summed E-state index contributed by atoms with van der Waals surface area (Å²) in [6.07, 6.45) is 7.26. The summed E-state index contributed by atoms with van der Waals surface area (Å²) < 4.78 is 4.71. The molecule has 13 rings (SSSR count). The van der Waals surface area contributed by atoms with Crippen LogP contribution in [0.3, 0.4) is 0 Å². The van der Waals surface area contributed by atoms with Gasteiger partial charge in [-0.25, -0.2) is 15.0 Å². The van der Waals surface area contributed by atoms with E-state index in [0.717, 1.165) is 71.3 Å². The molecule has 0 bridgehead atoms. The number of allylic oxidation sites excluding steroid dienone is 4. The highest BCUT2D eigenvalue weighted by Crippen LogP contribution is 2.45. The third kappa shape index (κ3) is 8.43. The molecule has 6 heteroatoms. The van der Waals surface area contributed by atoms with Crippen LogP contribution in [-0.4, -0.2) is 25.7 Å². The Balaban J connectivity index is 0.970. The fraction of sp³-hybridized carbons (Fsp3) is 0.0145. The van der Waals surface area contributed by atoms with Crippen molar-refractivity contribution in [1.82, 2.24) is 19.5 Å². The summed E-state index contributed by atoms with van der Waals surface area (Å²) in [5, 5.41) is 13.0. The fourth-order valence-electron chi connectivity index (χ4n) is 10.4. The predicted molar refractivity (Wildman–Crippen MR) is 317 cm³/mol. The Morgan fingerprint density at radius 2 is 0.867 bits per heavy atom. The van der Waals surface area contributed by atoms with Crippen LogP contribution < -0.4 is 0 Å². The summed E-state index contributed by atoms with van der Waals surface area (Å²) in [5.74, 6) is 1.75. The molecule has 0 fully saturated rings. The second-order valence-electron chi connectivity index (χ2n) is 18.7. The van der Waals surface area contributed by atoms with E-state index in [-0.39, 0.29) is 0 Å². The lowest BCUT2D eigenvalue weighted by molar-refractivity contribution is 1.08. The molecule has 0 spiro atoms. The summed E-state index contributed by atoms with van der Waals surface area (Å²) in [4.78, 5) is 15.8. The van der Waals surface area contributed by atoms with Crippen molar-refractivity contribution < 1.29 is 0 Å². The first-order valence-electron chi connectivity index (χ1n) is 25.2. The number of hydrogen-bond donors (Lipinski definition) is 1. The first-order chi connectivity index (χ1) is 37.1. The smallest absolute Gasteiger partial charge is 0.165 e. The number of para-hydroxylation sites is 1. The van der Waals surface area contributed by atoms with E-state index in [9.17, 15) is 0 Å². The number of fused-ring (bicyclic) bond motifs is 6. The van der Waals surface area contributed by atoms with Crippen molar-refractivity contribution in [1.29, 1.82) is 5.41 Å². The first-order valence-corrected chi connectivity index (χ1v) is 26.0. The minimum absolute atomic E-state index is 0.561. The quantitative estimate of drug-likeness (QED) is 0.104. The molecule has 0 aliphatic carbocycles. The molecule has 5 nitrogen and oxygen atoms in total. The van der Waals surface area contributed by atoms with Crippen molar-refractivity contribution in [3.63, 3.8) is 0 Å². The molecular weight excluding hydrogens is 931 g/mol. The highest BCUT2D eigenvalue weighted by Gasteiger charge is 2.21. The largest absolute Gasteiger partial charge is 0.309 e. The number of nitrogens with one attached hydrogen (secondary N) is 1. The molecule has 1 N–H and O–H groups in total. The molecule has 3 aromatic heterocycles. The van der Waals surface area contributed by atoms with Crippen molar-refractivity contribution in [2.75, 3.05) is 0 Å². The minimum Gasteiger partial charge on any atom is -0.309 e. The minimum atomic E-state index is 0.561. The average Bonchev–Trinajstić information content (AvgIpc) is 4.04. The second kappa shape index (κ2) is 19.4. The second-order valence-corrected chi connectivity index (χ2v) is 19.7. The van der Waals surface area contributed by atoms with E-state index in [4.69, 9.17) is 20.4 Å². The molecular formula is C69H47N5S. The molecule has 0 unspecified atom stereocenters. The maximum Gasteiger partial charge on any atom is 0.165 e. The number of thiophene rings is 1. The van der Waals surface area contributed by atoms with Gasteiger partial charge in [0.15, 0.2) is 17.5 Å². The van der Waals surface area contributed by atoms with Crippen molar-refractivity contribution >= 4 is 65.1 Å². The van der Waals surface area contributed by atoms with Gasteiger partial charge in [-0.1, -0.05) is 194 Å². The van der Waals surface area contributed by atoms with Crippen molar-refractivity contribution in [2.24, 2.45) is 0 Å². The third-order valence-corrected chi connectivity index (χ3v) is 15.4. The van der Waals surface area contributed by atoms with Crippen LogP contribution in [0.4, 0.5) is 0 Å². The van der Waals surface area contributed by atoms with Gasteiger partial charge in [0.25, 0.3) is 0 Å². The molecule has 13 aromatic rings. The highest BCUT2D eigenvalue weighted by atomic mass is 32.1. The number of aromatic nitrogens is 4. The van der Waals surface area contributed by atoms with Crippen LogP contribution in [0.2, 0.25) is 0 Å². The SMILES string of the molecule is C/C=C\C=C(/C=N)c1cccc(-c2nc(-c3cccc(-c4ccccc4)c3)nc(-c3cccc4c3sc3c(-c5ccc6c(c5)c5cc(-c7cccc(-c8ccccc8)c7)ccc5n6-c5ccccc5)cccc34)n2)c1. The molecule has 0 saturated carbocycles. The van der Waals surface area contributed by atoms with E-state index in [1.165, 1.54) is 54.9 Å². The summed E-state index contributed by atoms with van der Waals surface area (Å²) in [7, 11) is 0. The van der Waals surface area contributed by atoms with E-state index in [1.54, 1.807) is 11.3 Å². The topological polar surface area (TPSA) is 67.5 Å². The predicted octanol–water partition coefficient (Wildman–Crippen LogP) is 18.6. The van der Waals surface area contributed by atoms with Gasteiger partial charge in [-0.05, 0) is 123 Å². The monoisotopic (exact) mass is 977 g/mol. The lowest BCUT2D eigenvalue weighted by Gasteiger charge is -2.11. The zero-order valence-corrected chi connectivity index (χ0v) is 41.8. The number of benzene rings is 10. The molecule has 0 aliphatic heterocycles. The van der Waals surface area contributed by atoms with Crippen LogP contribution >= 0.6 is 11.3 Å². The normalized spacial score (nSPS) is 11.9. The zero-order chi connectivity index (χ0) is 50.2. The first kappa shape index (κ1) is 45.3. The van der Waals surface area contributed by atoms with Gasteiger partial charge in [0, 0.05) is 59.5 Å². The van der Waals surface area contributed by atoms with E-state index in [2.05, 4.69) is 217 Å². The van der Waals surface area contributed by atoms with Gasteiger partial charge in [-0.15, -0.1) is 11.3 Å². The van der Waals surface area contributed by atoms with Gasteiger partial charge in [0.2, 0.25) is 0 Å². The molecule has 10 aromatic carbocycles. The molecule has 0 amide bonds. The van der Waals surface area contributed by atoms with Crippen molar-refractivity contribution in [2.45, 2.75) is 6.92 Å². The third-order valence-electron chi connectivity index (χ3n) is 14.1. The fourth-order valence-corrected chi connectivity index (χ4v) is 11.8. The molecule has 0 saturated heterocycles. The van der Waals surface area contributed by atoms with Crippen LogP contribution in [0.25, 0.3) is 132 Å². The average molecular weight is 978 g/mol. The van der Waals surface area contributed by atoms with Gasteiger partial charge in [-0.2, -0.15) is 0 Å². The molecule has 0 atom stereocenters. The van der Waals surface area contributed by atoms with Crippen molar-refractivity contribution in [3.05, 3.63) is 260 Å².